The van der Waals surface area contributed by atoms with Crippen LogP contribution in [0.25, 0.3) is 0 Å². The summed E-state index contributed by atoms with van der Waals surface area (Å²) in [4.78, 5) is 13.0. The Kier molecular flexibility index (Phi) is 7.15. The van der Waals surface area contributed by atoms with E-state index in [0.717, 1.165) is 16.9 Å². The molecule has 2 amide bonds. The SMILES string of the molecule is CS(=O)(=O)Nc1ccccc1CNC(=O)NCCSc1ccccc1. The van der Waals surface area contributed by atoms with Gasteiger partial charge < -0.3 is 10.6 Å². The van der Waals surface area contributed by atoms with E-state index in [9.17, 15) is 13.2 Å². The van der Waals surface area contributed by atoms with Gasteiger partial charge in [-0.15, -0.1) is 11.8 Å². The number of rotatable bonds is 8. The van der Waals surface area contributed by atoms with Crippen molar-refractivity contribution >= 4 is 33.5 Å². The Bertz CT molecular complexity index is 796. The van der Waals surface area contributed by atoms with Crippen molar-refractivity contribution in [1.29, 1.82) is 0 Å². The average molecular weight is 380 g/mol. The molecule has 0 aliphatic heterocycles. The fraction of sp³-hybridized carbons (Fsp3) is 0.235. The van der Waals surface area contributed by atoms with Crippen molar-refractivity contribution in [3.63, 3.8) is 0 Å². The number of anilines is 1. The second kappa shape index (κ2) is 9.33. The summed E-state index contributed by atoms with van der Waals surface area (Å²) in [7, 11) is -3.36. The quantitative estimate of drug-likeness (QED) is 0.486. The molecule has 8 heteroatoms. The van der Waals surface area contributed by atoms with Crippen LogP contribution in [-0.2, 0) is 16.6 Å². The van der Waals surface area contributed by atoms with Crippen LogP contribution in [0.5, 0.6) is 0 Å². The number of hydrogen-bond acceptors (Lipinski definition) is 4. The molecular formula is C17H21N3O3S2. The lowest BCUT2D eigenvalue weighted by atomic mass is 10.2. The highest BCUT2D eigenvalue weighted by Crippen LogP contribution is 2.16. The van der Waals surface area contributed by atoms with Crippen LogP contribution in [-0.4, -0.2) is 33.0 Å². The highest BCUT2D eigenvalue weighted by atomic mass is 32.2. The summed E-state index contributed by atoms with van der Waals surface area (Å²) < 4.78 is 25.2. The van der Waals surface area contributed by atoms with Crippen molar-refractivity contribution in [3.05, 3.63) is 60.2 Å². The lowest BCUT2D eigenvalue weighted by Gasteiger charge is -2.12. The van der Waals surface area contributed by atoms with Gasteiger partial charge in [0.2, 0.25) is 10.0 Å². The first kappa shape index (κ1) is 19.1. The Morgan fingerprint density at radius 1 is 1.00 bits per heavy atom. The second-order valence-electron chi connectivity index (χ2n) is 5.30. The van der Waals surface area contributed by atoms with Gasteiger partial charge in [0.1, 0.15) is 0 Å². The third-order valence-electron chi connectivity index (χ3n) is 3.15. The monoisotopic (exact) mass is 379 g/mol. The van der Waals surface area contributed by atoms with Gasteiger partial charge in [0.15, 0.2) is 0 Å². The highest BCUT2D eigenvalue weighted by molar-refractivity contribution is 7.99. The van der Waals surface area contributed by atoms with E-state index in [-0.39, 0.29) is 12.6 Å². The number of nitrogens with one attached hydrogen (secondary N) is 3. The average Bonchev–Trinajstić information content (AvgIpc) is 2.57. The zero-order valence-corrected chi connectivity index (χ0v) is 15.5. The van der Waals surface area contributed by atoms with E-state index in [1.54, 1.807) is 36.0 Å². The van der Waals surface area contributed by atoms with Crippen molar-refractivity contribution < 1.29 is 13.2 Å². The van der Waals surface area contributed by atoms with E-state index in [4.69, 9.17) is 0 Å². The van der Waals surface area contributed by atoms with Crippen LogP contribution in [0.1, 0.15) is 5.56 Å². The number of thioether (sulfide) groups is 1. The Morgan fingerprint density at radius 2 is 1.68 bits per heavy atom. The summed E-state index contributed by atoms with van der Waals surface area (Å²) in [5, 5.41) is 5.51. The van der Waals surface area contributed by atoms with Crippen molar-refractivity contribution in [2.45, 2.75) is 11.4 Å². The first-order chi connectivity index (χ1) is 11.9. The Hall–Kier alpha value is -2.19. The van der Waals surface area contributed by atoms with Gasteiger partial charge in [-0.05, 0) is 23.8 Å². The first-order valence-electron chi connectivity index (χ1n) is 7.69. The molecule has 0 spiro atoms. The van der Waals surface area contributed by atoms with Crippen molar-refractivity contribution in [3.8, 4) is 0 Å². The normalized spacial score (nSPS) is 10.9. The van der Waals surface area contributed by atoms with Crippen LogP contribution in [0.15, 0.2) is 59.5 Å². The molecule has 0 bridgehead atoms. The maximum Gasteiger partial charge on any atom is 0.315 e. The summed E-state index contributed by atoms with van der Waals surface area (Å²) in [6.07, 6.45) is 1.09. The summed E-state index contributed by atoms with van der Waals surface area (Å²) in [6, 6.07) is 16.6. The standard InChI is InChI=1S/C17H21N3O3S2/c1-25(22,23)20-16-10-6-5-7-14(16)13-19-17(21)18-11-12-24-15-8-3-2-4-9-15/h2-10,20H,11-13H2,1H3,(H2,18,19,21). The molecule has 0 heterocycles. The van der Waals surface area contributed by atoms with E-state index in [1.807, 2.05) is 30.3 Å². The Balaban J connectivity index is 1.75. The molecule has 25 heavy (non-hydrogen) atoms. The molecule has 0 radical (unpaired) electrons. The third-order valence-corrected chi connectivity index (χ3v) is 4.76. The molecule has 0 aromatic heterocycles. The molecule has 0 fully saturated rings. The molecule has 0 aliphatic rings. The summed E-state index contributed by atoms with van der Waals surface area (Å²) in [5.74, 6) is 0.768. The lowest BCUT2D eigenvalue weighted by Crippen LogP contribution is -2.36. The predicted octanol–water partition coefficient (Wildman–Crippen LogP) is 2.65. The minimum Gasteiger partial charge on any atom is -0.337 e. The lowest BCUT2D eigenvalue weighted by molar-refractivity contribution is 0.241. The van der Waals surface area contributed by atoms with E-state index in [0.29, 0.717) is 17.8 Å². The number of benzene rings is 2. The number of amides is 2. The molecular weight excluding hydrogens is 358 g/mol. The summed E-state index contributed by atoms with van der Waals surface area (Å²) >= 11 is 1.67. The minimum atomic E-state index is -3.36. The molecule has 0 unspecified atom stereocenters. The van der Waals surface area contributed by atoms with Gasteiger partial charge >= 0.3 is 6.03 Å². The van der Waals surface area contributed by atoms with E-state index < -0.39 is 10.0 Å². The van der Waals surface area contributed by atoms with Crippen LogP contribution in [0.2, 0.25) is 0 Å². The topological polar surface area (TPSA) is 87.3 Å². The van der Waals surface area contributed by atoms with Gasteiger partial charge in [-0.2, -0.15) is 0 Å². The highest BCUT2D eigenvalue weighted by Gasteiger charge is 2.08. The Morgan fingerprint density at radius 3 is 2.40 bits per heavy atom. The zero-order valence-electron chi connectivity index (χ0n) is 13.9. The zero-order chi connectivity index (χ0) is 18.1. The molecule has 6 nitrogen and oxygen atoms in total. The largest absolute Gasteiger partial charge is 0.337 e. The smallest absolute Gasteiger partial charge is 0.315 e. The van der Waals surface area contributed by atoms with E-state index >= 15 is 0 Å². The maximum absolute atomic E-state index is 11.9. The second-order valence-corrected chi connectivity index (χ2v) is 8.22. The predicted molar refractivity (Wildman–Crippen MR) is 102 cm³/mol. The van der Waals surface area contributed by atoms with Gasteiger partial charge in [0.05, 0.1) is 11.9 Å². The number of para-hydroxylation sites is 1. The van der Waals surface area contributed by atoms with Crippen LogP contribution < -0.4 is 15.4 Å². The number of hydrogen-bond donors (Lipinski definition) is 3. The molecule has 2 aromatic carbocycles. The van der Waals surface area contributed by atoms with Crippen LogP contribution in [0.4, 0.5) is 10.5 Å². The molecule has 0 saturated carbocycles. The van der Waals surface area contributed by atoms with Gasteiger partial charge in [-0.25, -0.2) is 13.2 Å². The first-order valence-corrected chi connectivity index (χ1v) is 10.6. The number of sulfonamides is 1. The molecule has 0 aliphatic carbocycles. The molecule has 0 saturated heterocycles. The van der Waals surface area contributed by atoms with Crippen LogP contribution in [0.3, 0.4) is 0 Å². The number of carbonyl (C=O) groups excluding carboxylic acids is 1. The van der Waals surface area contributed by atoms with Crippen LogP contribution >= 0.6 is 11.8 Å². The molecule has 2 aromatic rings. The van der Waals surface area contributed by atoms with Crippen molar-refractivity contribution in [2.24, 2.45) is 0 Å². The molecule has 2 rings (SSSR count). The maximum atomic E-state index is 11.9. The fourth-order valence-electron chi connectivity index (χ4n) is 2.06. The number of carbonyl (C=O) groups is 1. The summed E-state index contributed by atoms with van der Waals surface area (Å²) in [6.45, 7) is 0.769. The van der Waals surface area contributed by atoms with E-state index in [1.165, 1.54) is 0 Å². The van der Waals surface area contributed by atoms with E-state index in [2.05, 4.69) is 15.4 Å². The minimum absolute atomic E-state index is 0.232. The van der Waals surface area contributed by atoms with Gasteiger partial charge in [-0.1, -0.05) is 36.4 Å². The molecule has 0 atom stereocenters. The van der Waals surface area contributed by atoms with Gasteiger partial charge in [0.25, 0.3) is 0 Å². The van der Waals surface area contributed by atoms with Gasteiger partial charge in [0, 0.05) is 23.7 Å². The molecule has 134 valence electrons. The Labute approximate surface area is 152 Å². The van der Waals surface area contributed by atoms with Crippen molar-refractivity contribution in [2.75, 3.05) is 23.3 Å². The fourth-order valence-corrected chi connectivity index (χ4v) is 3.45. The number of urea groups is 1. The third kappa shape index (κ3) is 7.49. The van der Waals surface area contributed by atoms with Crippen LogP contribution in [0, 0.1) is 0 Å². The summed E-state index contributed by atoms with van der Waals surface area (Å²) in [5.41, 5.74) is 1.16. The molecule has 3 N–H and O–H groups in total. The van der Waals surface area contributed by atoms with Crippen molar-refractivity contribution in [1.82, 2.24) is 10.6 Å². The van der Waals surface area contributed by atoms with Gasteiger partial charge in [-0.3, -0.25) is 4.72 Å².